The van der Waals surface area contributed by atoms with Crippen LogP contribution in [0.2, 0.25) is 0 Å². The lowest BCUT2D eigenvalue weighted by Crippen LogP contribution is -2.42. The van der Waals surface area contributed by atoms with Crippen molar-refractivity contribution in [2.24, 2.45) is 0 Å². The predicted octanol–water partition coefficient (Wildman–Crippen LogP) is 1.44. The second kappa shape index (κ2) is 7.76. The van der Waals surface area contributed by atoms with Gasteiger partial charge in [-0.25, -0.2) is 0 Å². The number of nitrogens with zero attached hydrogens (tertiary/aromatic N) is 2. The summed E-state index contributed by atoms with van der Waals surface area (Å²) in [5.74, 6) is -0.523. The van der Waals surface area contributed by atoms with Gasteiger partial charge in [-0.05, 0) is 19.1 Å². The van der Waals surface area contributed by atoms with E-state index in [0.717, 1.165) is 5.56 Å². The molecule has 0 radical (unpaired) electrons. The van der Waals surface area contributed by atoms with E-state index in [2.05, 4.69) is 26.4 Å². The van der Waals surface area contributed by atoms with Crippen molar-refractivity contribution in [2.75, 3.05) is 18.1 Å². The number of hydrogen-bond donors (Lipinski definition) is 3. The molecule has 0 atom stereocenters. The quantitative estimate of drug-likeness (QED) is 0.564. The average Bonchev–Trinajstić information content (AvgIpc) is 2.99. The van der Waals surface area contributed by atoms with Gasteiger partial charge in [0.05, 0.1) is 5.75 Å². The Morgan fingerprint density at radius 2 is 1.91 bits per heavy atom. The van der Waals surface area contributed by atoms with E-state index in [1.807, 2.05) is 19.1 Å². The summed E-state index contributed by atoms with van der Waals surface area (Å²) in [7, 11) is 1.75. The number of carbonyl (C=O) groups is 2. The highest BCUT2D eigenvalue weighted by atomic mass is 32.2. The van der Waals surface area contributed by atoms with Crippen molar-refractivity contribution in [3.8, 4) is 0 Å². The van der Waals surface area contributed by atoms with Crippen LogP contribution in [0.15, 0.2) is 28.6 Å². The lowest BCUT2D eigenvalue weighted by molar-refractivity contribution is -0.119. The number of hydrogen-bond acceptors (Lipinski definition) is 7. The zero-order chi connectivity index (χ0) is 15.9. The number of thioether (sulfide) groups is 1. The fraction of sp³-hybridized carbons (Fsp3) is 0.231. The summed E-state index contributed by atoms with van der Waals surface area (Å²) < 4.78 is 0.685. The molecule has 2 rings (SSSR count). The van der Waals surface area contributed by atoms with E-state index in [9.17, 15) is 9.59 Å². The standard InChI is InChI=1S/C13H15N5O2S2/c1-8-3-5-9(6-4-8)11(20)16-15-10(19)7-21-13-18-17-12(14-2)22-13/h3-6H,7H2,1-2H3,(H,14,17)(H,15,19)(H,16,20). The summed E-state index contributed by atoms with van der Waals surface area (Å²) in [5, 5.41) is 11.3. The maximum atomic E-state index is 11.8. The highest BCUT2D eigenvalue weighted by Gasteiger charge is 2.09. The SMILES string of the molecule is CNc1nnc(SCC(=O)NNC(=O)c2ccc(C)cc2)s1. The third-order valence-electron chi connectivity index (χ3n) is 2.58. The first-order valence-corrected chi connectivity index (χ1v) is 8.18. The average molecular weight is 337 g/mol. The van der Waals surface area contributed by atoms with Crippen molar-refractivity contribution in [3.63, 3.8) is 0 Å². The molecule has 0 unspecified atom stereocenters. The third kappa shape index (κ3) is 4.71. The van der Waals surface area contributed by atoms with Gasteiger partial charge in [-0.3, -0.25) is 20.4 Å². The first kappa shape index (κ1) is 16.2. The maximum Gasteiger partial charge on any atom is 0.269 e. The van der Waals surface area contributed by atoms with Crippen molar-refractivity contribution in [3.05, 3.63) is 35.4 Å². The molecule has 1 aromatic carbocycles. The molecule has 0 fully saturated rings. The van der Waals surface area contributed by atoms with Gasteiger partial charge in [-0.1, -0.05) is 40.8 Å². The Morgan fingerprint density at radius 1 is 1.18 bits per heavy atom. The molecule has 2 aromatic rings. The number of hydrazine groups is 1. The summed E-state index contributed by atoms with van der Waals surface area (Å²) >= 11 is 2.62. The molecule has 7 nitrogen and oxygen atoms in total. The summed E-state index contributed by atoms with van der Waals surface area (Å²) in [6.07, 6.45) is 0. The number of nitrogens with one attached hydrogen (secondary N) is 3. The van der Waals surface area contributed by atoms with Crippen LogP contribution in [0.4, 0.5) is 5.13 Å². The second-order valence-corrected chi connectivity index (χ2v) is 6.48. The van der Waals surface area contributed by atoms with Crippen molar-refractivity contribution < 1.29 is 9.59 Å². The summed E-state index contributed by atoms with van der Waals surface area (Å²) in [6.45, 7) is 1.94. The summed E-state index contributed by atoms with van der Waals surface area (Å²) in [4.78, 5) is 23.5. The van der Waals surface area contributed by atoms with Gasteiger partial charge in [0.25, 0.3) is 5.91 Å². The molecule has 0 aliphatic heterocycles. The van der Waals surface area contributed by atoms with Crippen LogP contribution in [0.1, 0.15) is 15.9 Å². The Labute approximate surface area is 135 Å². The van der Waals surface area contributed by atoms with Gasteiger partial charge in [-0.15, -0.1) is 10.2 Å². The lowest BCUT2D eigenvalue weighted by Gasteiger charge is -2.06. The van der Waals surface area contributed by atoms with E-state index >= 15 is 0 Å². The van der Waals surface area contributed by atoms with Crippen LogP contribution in [0.3, 0.4) is 0 Å². The van der Waals surface area contributed by atoms with Gasteiger partial charge in [0.2, 0.25) is 11.0 Å². The van der Waals surface area contributed by atoms with Gasteiger partial charge in [0.1, 0.15) is 0 Å². The Morgan fingerprint density at radius 3 is 2.55 bits per heavy atom. The van der Waals surface area contributed by atoms with Gasteiger partial charge in [-0.2, -0.15) is 0 Å². The molecule has 1 heterocycles. The Balaban J connectivity index is 1.75. The molecule has 2 amide bonds. The molecule has 0 aliphatic carbocycles. The smallest absolute Gasteiger partial charge is 0.269 e. The van der Waals surface area contributed by atoms with Gasteiger partial charge >= 0.3 is 0 Å². The Bertz CT molecular complexity index is 657. The number of anilines is 1. The molecular formula is C13H15N5O2S2. The van der Waals surface area contributed by atoms with E-state index < -0.39 is 0 Å². The van der Waals surface area contributed by atoms with Crippen molar-refractivity contribution in [2.45, 2.75) is 11.3 Å². The van der Waals surface area contributed by atoms with Crippen molar-refractivity contribution >= 4 is 40.0 Å². The van der Waals surface area contributed by atoms with Crippen LogP contribution in [-0.2, 0) is 4.79 Å². The summed E-state index contributed by atoms with van der Waals surface area (Å²) in [5.41, 5.74) is 6.29. The predicted molar refractivity (Wildman–Crippen MR) is 87.0 cm³/mol. The molecule has 0 saturated heterocycles. The van der Waals surface area contributed by atoms with Crippen LogP contribution >= 0.6 is 23.1 Å². The van der Waals surface area contributed by atoms with Crippen LogP contribution in [0, 0.1) is 6.92 Å². The van der Waals surface area contributed by atoms with Gasteiger partial charge in [0, 0.05) is 12.6 Å². The normalized spacial score (nSPS) is 10.1. The zero-order valence-corrected chi connectivity index (χ0v) is 13.7. The van der Waals surface area contributed by atoms with E-state index in [4.69, 9.17) is 0 Å². The molecular weight excluding hydrogens is 322 g/mol. The molecule has 3 N–H and O–H groups in total. The lowest BCUT2D eigenvalue weighted by atomic mass is 10.1. The van der Waals surface area contributed by atoms with Crippen LogP contribution in [0.25, 0.3) is 0 Å². The molecule has 22 heavy (non-hydrogen) atoms. The fourth-order valence-corrected chi connectivity index (χ4v) is 2.94. The highest BCUT2D eigenvalue weighted by Crippen LogP contribution is 2.24. The van der Waals surface area contributed by atoms with Crippen LogP contribution < -0.4 is 16.2 Å². The molecule has 9 heteroatoms. The van der Waals surface area contributed by atoms with Crippen LogP contribution in [0.5, 0.6) is 0 Å². The molecule has 0 aliphatic rings. The van der Waals surface area contributed by atoms with E-state index in [-0.39, 0.29) is 17.6 Å². The maximum absolute atomic E-state index is 11.8. The molecule has 116 valence electrons. The van der Waals surface area contributed by atoms with Crippen molar-refractivity contribution in [1.82, 2.24) is 21.0 Å². The third-order valence-corrected chi connectivity index (χ3v) is 4.65. The number of aromatic nitrogens is 2. The molecule has 0 saturated carbocycles. The molecule has 0 spiro atoms. The zero-order valence-electron chi connectivity index (χ0n) is 12.0. The number of amides is 2. The second-order valence-electron chi connectivity index (χ2n) is 4.28. The van der Waals surface area contributed by atoms with Gasteiger partial charge < -0.3 is 5.32 Å². The number of aryl methyl sites for hydroxylation is 1. The van der Waals surface area contributed by atoms with Gasteiger partial charge in [0.15, 0.2) is 4.34 Å². The minimum absolute atomic E-state index is 0.145. The first-order valence-electron chi connectivity index (χ1n) is 6.38. The minimum Gasteiger partial charge on any atom is -0.363 e. The monoisotopic (exact) mass is 337 g/mol. The number of benzene rings is 1. The molecule has 1 aromatic heterocycles. The van der Waals surface area contributed by atoms with E-state index in [1.54, 1.807) is 19.2 Å². The number of rotatable bonds is 5. The largest absolute Gasteiger partial charge is 0.363 e. The van der Waals surface area contributed by atoms with E-state index in [1.165, 1.54) is 23.1 Å². The summed E-state index contributed by atoms with van der Waals surface area (Å²) in [6, 6.07) is 7.07. The number of carbonyl (C=O) groups excluding carboxylic acids is 2. The first-order chi connectivity index (χ1) is 10.6. The van der Waals surface area contributed by atoms with Crippen LogP contribution in [-0.4, -0.2) is 34.8 Å². The fourth-order valence-electron chi connectivity index (χ4n) is 1.44. The Hall–Kier alpha value is -2.13. The topological polar surface area (TPSA) is 96.0 Å². The molecule has 0 bridgehead atoms. The highest BCUT2D eigenvalue weighted by molar-refractivity contribution is 8.01. The minimum atomic E-state index is -0.355. The van der Waals surface area contributed by atoms with E-state index in [0.29, 0.717) is 15.0 Å². The van der Waals surface area contributed by atoms with Crippen molar-refractivity contribution in [1.29, 1.82) is 0 Å². The Kier molecular flexibility index (Phi) is 5.73.